The standard InChI is InChI=1S/C16H14N2O3/c1-11(19)13-5-3-7-15(9-13)17-18(21)16-8-4-6-14(10-16)12(2)20/h3-10H,1-2H3. The summed E-state index contributed by atoms with van der Waals surface area (Å²) in [6, 6.07) is 12.8. The van der Waals surface area contributed by atoms with E-state index < -0.39 is 0 Å². The average Bonchev–Trinajstić information content (AvgIpc) is 2.47. The Morgan fingerprint density at radius 1 is 0.952 bits per heavy atom. The molecule has 0 amide bonds. The van der Waals surface area contributed by atoms with Crippen molar-refractivity contribution in [2.75, 3.05) is 0 Å². The monoisotopic (exact) mass is 282 g/mol. The lowest BCUT2D eigenvalue weighted by atomic mass is 10.1. The van der Waals surface area contributed by atoms with E-state index in [1.165, 1.54) is 19.9 Å². The molecule has 0 saturated carbocycles. The molecule has 0 aliphatic carbocycles. The summed E-state index contributed by atoms with van der Waals surface area (Å²) in [5.74, 6) is -0.216. The zero-order valence-electron chi connectivity index (χ0n) is 11.7. The van der Waals surface area contributed by atoms with E-state index in [-0.39, 0.29) is 17.3 Å². The third kappa shape index (κ3) is 3.60. The first-order chi connectivity index (χ1) is 9.97. The third-order valence-electron chi connectivity index (χ3n) is 2.93. The van der Waals surface area contributed by atoms with E-state index in [1.54, 1.807) is 42.5 Å². The van der Waals surface area contributed by atoms with Crippen molar-refractivity contribution in [1.82, 2.24) is 0 Å². The van der Waals surface area contributed by atoms with Gasteiger partial charge in [-0.15, -0.1) is 0 Å². The van der Waals surface area contributed by atoms with Crippen molar-refractivity contribution in [1.29, 1.82) is 0 Å². The minimum Gasteiger partial charge on any atom is -0.594 e. The van der Waals surface area contributed by atoms with Gasteiger partial charge in [-0.2, -0.15) is 0 Å². The molecular weight excluding hydrogens is 268 g/mol. The number of carbonyl (C=O) groups excluding carboxylic acids is 2. The van der Waals surface area contributed by atoms with Crippen molar-refractivity contribution < 1.29 is 14.4 Å². The van der Waals surface area contributed by atoms with Gasteiger partial charge in [-0.05, 0) is 26.0 Å². The molecular formula is C16H14N2O3. The molecule has 0 bridgehead atoms. The van der Waals surface area contributed by atoms with Crippen LogP contribution in [-0.2, 0) is 0 Å². The summed E-state index contributed by atoms with van der Waals surface area (Å²) in [7, 11) is 0. The van der Waals surface area contributed by atoms with Crippen LogP contribution >= 0.6 is 0 Å². The summed E-state index contributed by atoms with van der Waals surface area (Å²) in [5, 5.41) is 15.9. The highest BCUT2D eigenvalue weighted by molar-refractivity contribution is 5.95. The van der Waals surface area contributed by atoms with Crippen LogP contribution in [-0.4, -0.2) is 16.4 Å². The molecule has 0 radical (unpaired) electrons. The lowest BCUT2D eigenvalue weighted by molar-refractivity contribution is -0.435. The first-order valence-corrected chi connectivity index (χ1v) is 6.38. The van der Waals surface area contributed by atoms with E-state index in [4.69, 9.17) is 0 Å². The Kier molecular flexibility index (Phi) is 4.23. The van der Waals surface area contributed by atoms with Gasteiger partial charge in [-0.25, -0.2) is 0 Å². The predicted molar refractivity (Wildman–Crippen MR) is 78.3 cm³/mol. The quantitative estimate of drug-likeness (QED) is 0.368. The summed E-state index contributed by atoms with van der Waals surface area (Å²) in [5.41, 5.74) is 1.57. The number of rotatable bonds is 4. The summed E-state index contributed by atoms with van der Waals surface area (Å²) in [4.78, 5) is 23.0. The van der Waals surface area contributed by atoms with Gasteiger partial charge in [0.15, 0.2) is 11.6 Å². The Hall–Kier alpha value is -2.82. The molecule has 0 atom stereocenters. The van der Waals surface area contributed by atoms with Gasteiger partial charge < -0.3 is 5.21 Å². The molecule has 0 heterocycles. The van der Waals surface area contributed by atoms with E-state index in [2.05, 4.69) is 5.11 Å². The molecule has 21 heavy (non-hydrogen) atoms. The number of Topliss-reactive ketones (excluding diaryl/α,β-unsaturated/α-hetero) is 2. The second kappa shape index (κ2) is 6.09. The van der Waals surface area contributed by atoms with Crippen LogP contribution in [0, 0.1) is 5.21 Å². The number of hydrogen-bond acceptors (Lipinski definition) is 4. The highest BCUT2D eigenvalue weighted by Gasteiger charge is 2.08. The maximum Gasteiger partial charge on any atom is 0.245 e. The fourth-order valence-electron chi connectivity index (χ4n) is 1.79. The molecule has 2 aromatic rings. The molecule has 5 heteroatoms. The van der Waals surface area contributed by atoms with Gasteiger partial charge in [-0.3, -0.25) is 9.59 Å². The molecule has 0 aliphatic heterocycles. The molecule has 0 spiro atoms. The van der Waals surface area contributed by atoms with E-state index in [0.717, 1.165) is 0 Å². The Bertz CT molecular complexity index is 736. The van der Waals surface area contributed by atoms with Crippen molar-refractivity contribution in [2.45, 2.75) is 13.8 Å². The Morgan fingerprint density at radius 2 is 1.52 bits per heavy atom. The zero-order chi connectivity index (χ0) is 15.4. The maximum atomic E-state index is 12.0. The molecule has 0 fully saturated rings. The van der Waals surface area contributed by atoms with Crippen LogP contribution in [0.2, 0.25) is 0 Å². The smallest absolute Gasteiger partial charge is 0.245 e. The highest BCUT2D eigenvalue weighted by atomic mass is 16.5. The van der Waals surface area contributed by atoms with Gasteiger partial charge >= 0.3 is 0 Å². The lowest BCUT2D eigenvalue weighted by Gasteiger charge is -2.02. The summed E-state index contributed by atoms with van der Waals surface area (Å²) in [6.45, 7) is 2.88. The second-order valence-corrected chi connectivity index (χ2v) is 4.59. The van der Waals surface area contributed by atoms with Gasteiger partial charge in [-0.1, -0.05) is 29.1 Å². The lowest BCUT2D eigenvalue weighted by Crippen LogP contribution is -1.96. The first kappa shape index (κ1) is 14.6. The third-order valence-corrected chi connectivity index (χ3v) is 2.93. The summed E-state index contributed by atoms with van der Waals surface area (Å²) >= 11 is 0. The molecule has 0 aromatic heterocycles. The summed E-state index contributed by atoms with van der Waals surface area (Å²) < 4.78 is 0. The van der Waals surface area contributed by atoms with Gasteiger partial charge in [0.05, 0.1) is 0 Å². The molecule has 106 valence electrons. The fourth-order valence-corrected chi connectivity index (χ4v) is 1.79. The van der Waals surface area contributed by atoms with Crippen LogP contribution in [0.4, 0.5) is 11.4 Å². The molecule has 2 aromatic carbocycles. The SMILES string of the molecule is CC(=O)c1cccc(N=[N+]([O-])c2cccc(C(C)=O)c2)c1. The predicted octanol–water partition coefficient (Wildman–Crippen LogP) is 4.02. The number of nitrogens with zero attached hydrogens (tertiary/aromatic N) is 2. The number of benzene rings is 2. The minimum absolute atomic E-state index is 0.0944. The maximum absolute atomic E-state index is 12.0. The first-order valence-electron chi connectivity index (χ1n) is 6.38. The molecule has 0 N–H and O–H groups in total. The summed E-state index contributed by atoms with van der Waals surface area (Å²) in [6.07, 6.45) is 0. The van der Waals surface area contributed by atoms with Crippen molar-refractivity contribution in [2.24, 2.45) is 5.11 Å². The van der Waals surface area contributed by atoms with Gasteiger partial charge in [0, 0.05) is 28.4 Å². The van der Waals surface area contributed by atoms with E-state index in [0.29, 0.717) is 21.7 Å². The Balaban J connectivity index is 2.37. The van der Waals surface area contributed by atoms with E-state index >= 15 is 0 Å². The van der Waals surface area contributed by atoms with Gasteiger partial charge in [0.1, 0.15) is 5.69 Å². The molecule has 0 saturated heterocycles. The van der Waals surface area contributed by atoms with Crippen molar-refractivity contribution in [3.05, 3.63) is 64.9 Å². The molecule has 5 nitrogen and oxygen atoms in total. The number of carbonyl (C=O) groups is 2. The highest BCUT2D eigenvalue weighted by Crippen LogP contribution is 2.20. The van der Waals surface area contributed by atoms with Gasteiger partial charge in [0.25, 0.3) is 0 Å². The number of hydrogen-bond donors (Lipinski definition) is 0. The second-order valence-electron chi connectivity index (χ2n) is 4.59. The van der Waals surface area contributed by atoms with Crippen molar-refractivity contribution >= 4 is 22.9 Å². The van der Waals surface area contributed by atoms with Crippen LogP contribution in [0.5, 0.6) is 0 Å². The largest absolute Gasteiger partial charge is 0.594 e. The average molecular weight is 282 g/mol. The molecule has 2 rings (SSSR count). The Morgan fingerprint density at radius 3 is 2.14 bits per heavy atom. The fraction of sp³-hybridized carbons (Fsp3) is 0.125. The van der Waals surface area contributed by atoms with E-state index in [1.807, 2.05) is 0 Å². The van der Waals surface area contributed by atoms with Crippen LogP contribution in [0.1, 0.15) is 34.6 Å². The zero-order valence-corrected chi connectivity index (χ0v) is 11.7. The van der Waals surface area contributed by atoms with Crippen LogP contribution in [0.25, 0.3) is 0 Å². The number of ketones is 2. The van der Waals surface area contributed by atoms with Crippen LogP contribution in [0.3, 0.4) is 0 Å². The Labute approximate surface area is 122 Å². The van der Waals surface area contributed by atoms with Crippen LogP contribution in [0.15, 0.2) is 53.6 Å². The molecule has 0 aliphatic rings. The van der Waals surface area contributed by atoms with Crippen molar-refractivity contribution in [3.8, 4) is 0 Å². The van der Waals surface area contributed by atoms with E-state index in [9.17, 15) is 14.8 Å². The normalized spacial score (nSPS) is 11.2. The van der Waals surface area contributed by atoms with Crippen LogP contribution < -0.4 is 0 Å². The molecule has 0 unspecified atom stereocenters. The number of azo groups is 1. The van der Waals surface area contributed by atoms with Crippen molar-refractivity contribution in [3.63, 3.8) is 0 Å². The minimum atomic E-state index is -0.121. The topological polar surface area (TPSA) is 72.6 Å². The van der Waals surface area contributed by atoms with Gasteiger partial charge in [0.2, 0.25) is 5.69 Å².